The second kappa shape index (κ2) is 7.92. The van der Waals surface area contributed by atoms with Crippen LogP contribution in [0.5, 0.6) is 5.75 Å². The fourth-order valence-corrected chi connectivity index (χ4v) is 3.94. The lowest BCUT2D eigenvalue weighted by Crippen LogP contribution is -2.13. The van der Waals surface area contributed by atoms with Gasteiger partial charge in [-0.2, -0.15) is 0 Å². The number of ether oxygens (including phenoxy) is 1. The molecule has 0 saturated heterocycles. The summed E-state index contributed by atoms with van der Waals surface area (Å²) in [6.07, 6.45) is 0. The first-order valence-corrected chi connectivity index (χ1v) is 9.68. The lowest BCUT2D eigenvalue weighted by molar-refractivity contribution is 0.0994. The van der Waals surface area contributed by atoms with Crippen molar-refractivity contribution in [3.8, 4) is 5.75 Å². The Morgan fingerprint density at radius 2 is 1.85 bits per heavy atom. The van der Waals surface area contributed by atoms with Crippen molar-refractivity contribution in [1.29, 1.82) is 0 Å². The van der Waals surface area contributed by atoms with E-state index < -0.39 is 0 Å². The standard InChI is InChI=1S/C22H23NO2S/c1-5-25-18-11-9-17(10-12-18)22(24)16(4)26-20-13-15(3)19-8-6-7-14(2)21(19)23-20/h6-13,16H,5H2,1-4H3/t16-/m1/s1. The zero-order valence-electron chi connectivity index (χ0n) is 15.6. The minimum Gasteiger partial charge on any atom is -0.494 e. The van der Waals surface area contributed by atoms with Gasteiger partial charge in [-0.1, -0.05) is 30.0 Å². The molecule has 0 saturated carbocycles. The topological polar surface area (TPSA) is 39.2 Å². The van der Waals surface area contributed by atoms with E-state index >= 15 is 0 Å². The fraction of sp³-hybridized carbons (Fsp3) is 0.273. The van der Waals surface area contributed by atoms with E-state index in [9.17, 15) is 4.79 Å². The summed E-state index contributed by atoms with van der Waals surface area (Å²) in [6, 6.07) is 15.6. The number of aromatic nitrogens is 1. The van der Waals surface area contributed by atoms with Gasteiger partial charge in [0.15, 0.2) is 5.78 Å². The Hall–Kier alpha value is -2.33. The van der Waals surface area contributed by atoms with Gasteiger partial charge in [-0.25, -0.2) is 4.98 Å². The Bertz CT molecular complexity index is 935. The van der Waals surface area contributed by atoms with E-state index in [2.05, 4.69) is 38.1 Å². The van der Waals surface area contributed by atoms with Crippen LogP contribution in [0, 0.1) is 13.8 Å². The Kier molecular flexibility index (Phi) is 5.62. The predicted octanol–water partition coefficient (Wildman–Crippen LogP) is 5.61. The quantitative estimate of drug-likeness (QED) is 0.420. The number of para-hydroxylation sites is 1. The van der Waals surface area contributed by atoms with Crippen LogP contribution < -0.4 is 4.74 Å². The number of rotatable bonds is 6. The van der Waals surface area contributed by atoms with Crippen molar-refractivity contribution in [2.45, 2.75) is 38.0 Å². The summed E-state index contributed by atoms with van der Waals surface area (Å²) in [5.74, 6) is 0.883. The molecule has 0 unspecified atom stereocenters. The second-order valence-corrected chi connectivity index (χ2v) is 7.69. The maximum atomic E-state index is 12.7. The van der Waals surface area contributed by atoms with Crippen molar-refractivity contribution in [3.63, 3.8) is 0 Å². The molecule has 0 bridgehead atoms. The van der Waals surface area contributed by atoms with Gasteiger partial charge in [-0.05, 0) is 69.2 Å². The molecule has 4 heteroatoms. The summed E-state index contributed by atoms with van der Waals surface area (Å²) in [5, 5.41) is 1.84. The Labute approximate surface area is 158 Å². The van der Waals surface area contributed by atoms with Crippen molar-refractivity contribution in [1.82, 2.24) is 4.98 Å². The predicted molar refractivity (Wildman–Crippen MR) is 108 cm³/mol. The van der Waals surface area contributed by atoms with E-state index in [1.54, 1.807) is 0 Å². The van der Waals surface area contributed by atoms with Gasteiger partial charge in [0.2, 0.25) is 0 Å². The van der Waals surface area contributed by atoms with Gasteiger partial charge in [0.1, 0.15) is 5.75 Å². The minimum absolute atomic E-state index is 0.0994. The van der Waals surface area contributed by atoms with Crippen LogP contribution in [0.1, 0.15) is 35.3 Å². The number of thioether (sulfide) groups is 1. The number of ketones is 1. The number of hydrogen-bond acceptors (Lipinski definition) is 4. The lowest BCUT2D eigenvalue weighted by atomic mass is 10.1. The molecule has 134 valence electrons. The first kappa shape index (κ1) is 18.5. The second-order valence-electron chi connectivity index (χ2n) is 6.33. The van der Waals surface area contributed by atoms with Crippen molar-refractivity contribution in [2.75, 3.05) is 6.61 Å². The third-order valence-electron chi connectivity index (χ3n) is 4.34. The molecule has 1 atom stereocenters. The number of aryl methyl sites for hydroxylation is 2. The highest BCUT2D eigenvalue weighted by atomic mass is 32.2. The highest BCUT2D eigenvalue weighted by molar-refractivity contribution is 8.00. The van der Waals surface area contributed by atoms with Gasteiger partial charge < -0.3 is 4.74 Å². The van der Waals surface area contributed by atoms with Crippen molar-refractivity contribution in [2.24, 2.45) is 0 Å². The van der Waals surface area contributed by atoms with Crippen LogP contribution in [0.2, 0.25) is 0 Å². The highest BCUT2D eigenvalue weighted by Gasteiger charge is 2.18. The SMILES string of the molecule is CCOc1ccc(C(=O)[C@@H](C)Sc2cc(C)c3cccc(C)c3n2)cc1. The molecule has 0 radical (unpaired) electrons. The third kappa shape index (κ3) is 3.91. The van der Waals surface area contributed by atoms with Gasteiger partial charge in [0.05, 0.1) is 22.4 Å². The van der Waals surface area contributed by atoms with E-state index in [0.29, 0.717) is 12.2 Å². The smallest absolute Gasteiger partial charge is 0.175 e. The Morgan fingerprint density at radius 1 is 1.12 bits per heavy atom. The maximum absolute atomic E-state index is 12.7. The van der Waals surface area contributed by atoms with Crippen LogP contribution >= 0.6 is 11.8 Å². The van der Waals surface area contributed by atoms with Crippen LogP contribution in [-0.4, -0.2) is 22.6 Å². The van der Waals surface area contributed by atoms with Gasteiger partial charge in [-0.3, -0.25) is 4.79 Å². The number of hydrogen-bond donors (Lipinski definition) is 0. The normalized spacial score (nSPS) is 12.2. The molecule has 3 aromatic rings. The Balaban J connectivity index is 1.80. The number of benzene rings is 2. The van der Waals surface area contributed by atoms with E-state index in [4.69, 9.17) is 9.72 Å². The molecule has 26 heavy (non-hydrogen) atoms. The zero-order valence-corrected chi connectivity index (χ0v) is 16.4. The summed E-state index contributed by atoms with van der Waals surface area (Å²) in [5.41, 5.74) is 4.04. The van der Waals surface area contributed by atoms with E-state index in [1.807, 2.05) is 38.1 Å². The largest absolute Gasteiger partial charge is 0.494 e. The fourth-order valence-electron chi connectivity index (χ4n) is 2.94. The summed E-state index contributed by atoms with van der Waals surface area (Å²) in [4.78, 5) is 17.5. The first-order chi connectivity index (χ1) is 12.5. The molecule has 0 spiro atoms. The van der Waals surface area contributed by atoms with Crippen molar-refractivity contribution >= 4 is 28.4 Å². The molecule has 1 aromatic heterocycles. The van der Waals surface area contributed by atoms with Gasteiger partial charge in [0, 0.05) is 10.9 Å². The van der Waals surface area contributed by atoms with Crippen LogP contribution in [0.25, 0.3) is 10.9 Å². The minimum atomic E-state index is -0.207. The van der Waals surface area contributed by atoms with E-state index in [-0.39, 0.29) is 11.0 Å². The molecule has 1 heterocycles. The third-order valence-corrected chi connectivity index (χ3v) is 5.36. The average Bonchev–Trinajstić information content (AvgIpc) is 2.63. The molecule has 3 nitrogen and oxygen atoms in total. The van der Waals surface area contributed by atoms with Gasteiger partial charge >= 0.3 is 0 Å². The van der Waals surface area contributed by atoms with Crippen LogP contribution in [0.3, 0.4) is 0 Å². The lowest BCUT2D eigenvalue weighted by Gasteiger charge is -2.13. The first-order valence-electron chi connectivity index (χ1n) is 8.80. The highest BCUT2D eigenvalue weighted by Crippen LogP contribution is 2.29. The number of carbonyl (C=O) groups is 1. The molecule has 0 amide bonds. The number of pyridine rings is 1. The Morgan fingerprint density at radius 3 is 2.54 bits per heavy atom. The number of Topliss-reactive ketones (excluding diaryl/α,β-unsaturated/α-hetero) is 1. The summed E-state index contributed by atoms with van der Waals surface area (Å²) in [7, 11) is 0. The molecular weight excluding hydrogens is 342 g/mol. The average molecular weight is 365 g/mol. The van der Waals surface area contributed by atoms with E-state index in [0.717, 1.165) is 21.9 Å². The zero-order chi connectivity index (χ0) is 18.7. The van der Waals surface area contributed by atoms with Gasteiger partial charge in [0.25, 0.3) is 0 Å². The summed E-state index contributed by atoms with van der Waals surface area (Å²) >= 11 is 1.51. The van der Waals surface area contributed by atoms with Crippen LogP contribution in [-0.2, 0) is 0 Å². The number of fused-ring (bicyclic) bond motifs is 1. The van der Waals surface area contributed by atoms with Crippen molar-refractivity contribution < 1.29 is 9.53 Å². The van der Waals surface area contributed by atoms with Crippen LogP contribution in [0.15, 0.2) is 53.6 Å². The molecule has 0 aliphatic heterocycles. The monoisotopic (exact) mass is 365 g/mol. The molecule has 0 N–H and O–H groups in total. The molecule has 0 aliphatic carbocycles. The van der Waals surface area contributed by atoms with Crippen LogP contribution in [0.4, 0.5) is 0 Å². The summed E-state index contributed by atoms with van der Waals surface area (Å²) < 4.78 is 5.44. The van der Waals surface area contributed by atoms with E-state index in [1.165, 1.54) is 22.7 Å². The number of carbonyl (C=O) groups excluding carboxylic acids is 1. The molecule has 2 aromatic carbocycles. The number of nitrogens with zero attached hydrogens (tertiary/aromatic N) is 1. The molecular formula is C22H23NO2S. The van der Waals surface area contributed by atoms with Crippen molar-refractivity contribution in [3.05, 3.63) is 65.2 Å². The van der Waals surface area contributed by atoms with Gasteiger partial charge in [-0.15, -0.1) is 0 Å². The maximum Gasteiger partial charge on any atom is 0.175 e. The summed E-state index contributed by atoms with van der Waals surface area (Å²) in [6.45, 7) is 8.65. The molecule has 3 rings (SSSR count). The molecule has 0 aliphatic rings. The molecule has 0 fully saturated rings.